The second-order valence-corrected chi connectivity index (χ2v) is 12.7. The first kappa shape index (κ1) is 30.9. The summed E-state index contributed by atoms with van der Waals surface area (Å²) in [5.74, 6) is 0.368. The molecule has 1 aliphatic heterocycles. The van der Waals surface area contributed by atoms with Crippen LogP contribution in [0.15, 0.2) is 71.6 Å². The van der Waals surface area contributed by atoms with Crippen LogP contribution in [-0.4, -0.2) is 77.6 Å². The van der Waals surface area contributed by atoms with Gasteiger partial charge in [-0.2, -0.15) is 0 Å². The van der Waals surface area contributed by atoms with Crippen LogP contribution in [0, 0.1) is 0 Å². The Bertz CT molecular complexity index is 1590. The smallest absolute Gasteiger partial charge is 0.264 e. The number of fused-ring (bicyclic) bond motifs is 1. The minimum atomic E-state index is -3.73. The van der Waals surface area contributed by atoms with Crippen LogP contribution in [0.3, 0.4) is 0 Å². The summed E-state index contributed by atoms with van der Waals surface area (Å²) in [6.45, 7) is 4.58. The van der Waals surface area contributed by atoms with Crippen molar-refractivity contribution in [3.63, 3.8) is 0 Å². The molecule has 5 rings (SSSR count). The van der Waals surface area contributed by atoms with Gasteiger partial charge in [-0.1, -0.05) is 41.1 Å². The first-order valence-electron chi connectivity index (χ1n) is 12.8. The lowest BCUT2D eigenvalue weighted by molar-refractivity contribution is 0.0947. The molecule has 218 valence electrons. The van der Waals surface area contributed by atoms with E-state index < -0.39 is 10.0 Å². The van der Waals surface area contributed by atoms with Gasteiger partial charge in [-0.05, 0) is 48.5 Å². The van der Waals surface area contributed by atoms with E-state index in [0.29, 0.717) is 28.6 Å². The number of methoxy groups -OCH3 is 1. The van der Waals surface area contributed by atoms with Crippen LogP contribution < -0.4 is 19.3 Å². The molecule has 9 nitrogen and oxygen atoms in total. The van der Waals surface area contributed by atoms with Gasteiger partial charge in [0.15, 0.2) is 10.9 Å². The maximum Gasteiger partial charge on any atom is 0.264 e. The summed E-state index contributed by atoms with van der Waals surface area (Å²) < 4.78 is 33.6. The van der Waals surface area contributed by atoms with E-state index in [9.17, 15) is 13.2 Å². The van der Waals surface area contributed by atoms with Crippen LogP contribution >= 0.6 is 35.3 Å². The van der Waals surface area contributed by atoms with Gasteiger partial charge in [0.25, 0.3) is 15.9 Å². The molecule has 4 aromatic rings. The third-order valence-corrected chi connectivity index (χ3v) is 10.1. The van der Waals surface area contributed by atoms with Crippen LogP contribution in [0.1, 0.15) is 10.4 Å². The van der Waals surface area contributed by atoms with Crippen molar-refractivity contribution in [2.75, 3.05) is 62.6 Å². The number of para-hydroxylation sites is 1. The van der Waals surface area contributed by atoms with E-state index in [4.69, 9.17) is 21.3 Å². The molecule has 0 spiro atoms. The molecule has 0 unspecified atom stereocenters. The molecule has 2 heterocycles. The van der Waals surface area contributed by atoms with E-state index in [1.54, 1.807) is 54.8 Å². The fourth-order valence-electron chi connectivity index (χ4n) is 4.57. The number of sulfonamides is 1. The predicted molar refractivity (Wildman–Crippen MR) is 168 cm³/mol. The van der Waals surface area contributed by atoms with Crippen LogP contribution in [0.5, 0.6) is 5.75 Å². The Morgan fingerprint density at radius 2 is 1.73 bits per heavy atom. The third kappa shape index (κ3) is 6.70. The fourth-order valence-corrected chi connectivity index (χ4v) is 7.01. The number of hydrogen-bond donors (Lipinski definition) is 1. The van der Waals surface area contributed by atoms with E-state index in [-0.39, 0.29) is 23.2 Å². The Kier molecular flexibility index (Phi) is 9.98. The van der Waals surface area contributed by atoms with Crippen LogP contribution in [-0.2, 0) is 10.0 Å². The largest absolute Gasteiger partial charge is 0.493 e. The molecule has 1 N–H and O–H groups in total. The molecular weight excluding hydrogens is 605 g/mol. The van der Waals surface area contributed by atoms with Gasteiger partial charge >= 0.3 is 0 Å². The fraction of sp³-hybridized carbons (Fsp3) is 0.286. The molecular formula is C28H31Cl2N5O4S2. The summed E-state index contributed by atoms with van der Waals surface area (Å²) >= 11 is 7.87. The number of halogens is 2. The first-order valence-corrected chi connectivity index (χ1v) is 15.4. The minimum Gasteiger partial charge on any atom is -0.493 e. The van der Waals surface area contributed by atoms with Gasteiger partial charge in [0.05, 0.1) is 27.4 Å². The van der Waals surface area contributed by atoms with Gasteiger partial charge in [-0.15, -0.1) is 12.4 Å². The highest BCUT2D eigenvalue weighted by Crippen LogP contribution is 2.38. The van der Waals surface area contributed by atoms with Crippen molar-refractivity contribution in [1.29, 1.82) is 0 Å². The second-order valence-electron chi connectivity index (χ2n) is 9.34. The zero-order chi connectivity index (χ0) is 28.3. The SMILES string of the molecule is COc1c(Cl)ccc2sc(N3CCN(CCNC(=O)c4ccc(S(=O)(=O)N(C)c5ccccc5)cc4)CC3)nc12.Cl. The molecule has 1 amide bonds. The summed E-state index contributed by atoms with van der Waals surface area (Å²) in [6, 6.07) is 18.7. The quantitative estimate of drug-likeness (QED) is 0.283. The number of aromatic nitrogens is 1. The number of nitrogens with zero attached hydrogens (tertiary/aromatic N) is 4. The van der Waals surface area contributed by atoms with Crippen molar-refractivity contribution in [3.05, 3.63) is 77.3 Å². The Balaban J connectivity index is 0.00000387. The number of carbonyl (C=O) groups is 1. The molecule has 1 aromatic heterocycles. The number of anilines is 2. The van der Waals surface area contributed by atoms with Gasteiger partial charge in [0.1, 0.15) is 5.52 Å². The van der Waals surface area contributed by atoms with Crippen molar-refractivity contribution in [2.24, 2.45) is 0 Å². The number of hydrogen-bond acceptors (Lipinski definition) is 8. The first-order chi connectivity index (χ1) is 19.3. The van der Waals surface area contributed by atoms with Gasteiger partial charge in [0, 0.05) is 51.9 Å². The number of carbonyl (C=O) groups excluding carboxylic acids is 1. The van der Waals surface area contributed by atoms with Gasteiger partial charge < -0.3 is 15.0 Å². The number of amides is 1. The maximum atomic E-state index is 13.0. The number of rotatable bonds is 9. The predicted octanol–water partition coefficient (Wildman–Crippen LogP) is 4.76. The number of thiazole rings is 1. The third-order valence-electron chi connectivity index (χ3n) is 6.91. The highest BCUT2D eigenvalue weighted by Gasteiger charge is 2.23. The monoisotopic (exact) mass is 635 g/mol. The molecule has 0 atom stereocenters. The molecule has 13 heteroatoms. The summed E-state index contributed by atoms with van der Waals surface area (Å²) in [4.78, 5) is 22.1. The normalized spacial score (nSPS) is 14.0. The zero-order valence-electron chi connectivity index (χ0n) is 22.6. The van der Waals surface area contributed by atoms with Crippen molar-refractivity contribution >= 4 is 72.3 Å². The average Bonchev–Trinajstić information content (AvgIpc) is 3.42. The Hall–Kier alpha value is -3.09. The summed E-state index contributed by atoms with van der Waals surface area (Å²) in [5.41, 5.74) is 1.77. The molecule has 1 fully saturated rings. The van der Waals surface area contributed by atoms with Crippen molar-refractivity contribution in [1.82, 2.24) is 15.2 Å². The molecule has 0 radical (unpaired) electrons. The number of ether oxygens (including phenoxy) is 1. The van der Waals surface area contributed by atoms with Crippen molar-refractivity contribution in [3.8, 4) is 5.75 Å². The van der Waals surface area contributed by atoms with Gasteiger partial charge in [-0.25, -0.2) is 13.4 Å². The van der Waals surface area contributed by atoms with E-state index in [1.807, 2.05) is 18.2 Å². The zero-order valence-corrected chi connectivity index (χ0v) is 25.8. The number of benzene rings is 3. The van der Waals surface area contributed by atoms with E-state index >= 15 is 0 Å². The van der Waals surface area contributed by atoms with Crippen molar-refractivity contribution in [2.45, 2.75) is 4.90 Å². The lowest BCUT2D eigenvalue weighted by Gasteiger charge is -2.34. The van der Waals surface area contributed by atoms with E-state index in [2.05, 4.69) is 15.1 Å². The standard InChI is InChI=1S/C28H30ClN5O4S2.ClH/c1-32(21-6-4-3-5-7-21)40(36,37)22-10-8-20(9-11-22)27(35)30-14-15-33-16-18-34(19-17-33)28-31-25-24(39-28)13-12-23(29)26(25)38-2;/h3-13H,14-19H2,1-2H3,(H,30,35);1H. The van der Waals surface area contributed by atoms with E-state index in [1.165, 1.54) is 23.5 Å². The molecule has 0 saturated carbocycles. The lowest BCUT2D eigenvalue weighted by atomic mass is 10.2. The van der Waals surface area contributed by atoms with Crippen LogP contribution in [0.2, 0.25) is 5.02 Å². The number of nitrogens with one attached hydrogen (secondary N) is 1. The molecule has 1 aliphatic rings. The molecule has 0 bridgehead atoms. The molecule has 3 aromatic carbocycles. The Morgan fingerprint density at radius 3 is 2.39 bits per heavy atom. The maximum absolute atomic E-state index is 13.0. The molecule has 1 saturated heterocycles. The highest BCUT2D eigenvalue weighted by atomic mass is 35.5. The second kappa shape index (κ2) is 13.3. The molecule has 0 aliphatic carbocycles. The topological polar surface area (TPSA) is 95.1 Å². The highest BCUT2D eigenvalue weighted by molar-refractivity contribution is 7.92. The number of piperazine rings is 1. The molecule has 41 heavy (non-hydrogen) atoms. The van der Waals surface area contributed by atoms with Gasteiger partial charge in [-0.3, -0.25) is 14.0 Å². The van der Waals surface area contributed by atoms with Crippen LogP contribution in [0.4, 0.5) is 10.8 Å². The summed E-state index contributed by atoms with van der Waals surface area (Å²) in [6.07, 6.45) is 0. The van der Waals surface area contributed by atoms with Crippen molar-refractivity contribution < 1.29 is 17.9 Å². The summed E-state index contributed by atoms with van der Waals surface area (Å²) in [7, 11) is -0.618. The Morgan fingerprint density at radius 1 is 1.05 bits per heavy atom. The minimum absolute atomic E-state index is 0. The Labute approximate surface area is 255 Å². The summed E-state index contributed by atoms with van der Waals surface area (Å²) in [5, 5.41) is 4.44. The lowest BCUT2D eigenvalue weighted by Crippen LogP contribution is -2.48. The van der Waals surface area contributed by atoms with Gasteiger partial charge in [0.2, 0.25) is 0 Å². The van der Waals surface area contributed by atoms with E-state index in [0.717, 1.165) is 48.1 Å². The average molecular weight is 637 g/mol. The van der Waals surface area contributed by atoms with Crippen LogP contribution in [0.25, 0.3) is 10.2 Å².